The van der Waals surface area contributed by atoms with Crippen molar-refractivity contribution in [2.24, 2.45) is 17.2 Å². The molecule has 58 heavy (non-hydrogen) atoms. The molecule has 5 atom stereocenters. The number of aromatic nitrogens is 1. The second kappa shape index (κ2) is 23.7. The van der Waals surface area contributed by atoms with E-state index in [1.54, 1.807) is 42.6 Å². The molecule has 0 radical (unpaired) electrons. The molecule has 17 N–H and O–H groups in total. The minimum atomic E-state index is -1.36. The van der Waals surface area contributed by atoms with Gasteiger partial charge in [0.25, 0.3) is 0 Å². The van der Waals surface area contributed by atoms with Crippen LogP contribution < -0.4 is 54.4 Å². The van der Waals surface area contributed by atoms with Gasteiger partial charge in [0.1, 0.15) is 30.2 Å². The van der Waals surface area contributed by atoms with E-state index < -0.39 is 72.3 Å². The van der Waals surface area contributed by atoms with Crippen molar-refractivity contribution in [3.63, 3.8) is 0 Å². The van der Waals surface area contributed by atoms with Crippen LogP contribution in [-0.4, -0.2) is 113 Å². The summed E-state index contributed by atoms with van der Waals surface area (Å²) in [6.45, 7) is -0.0168. The van der Waals surface area contributed by atoms with Crippen molar-refractivity contribution in [1.82, 2.24) is 42.2 Å². The summed E-state index contributed by atoms with van der Waals surface area (Å²) in [6.07, 6.45) is 2.21. The van der Waals surface area contributed by atoms with Crippen LogP contribution in [0, 0.1) is 10.8 Å². The number of aromatic amines is 1. The van der Waals surface area contributed by atoms with E-state index in [0.29, 0.717) is 17.5 Å². The lowest BCUT2D eigenvalue weighted by molar-refractivity contribution is -0.141. The van der Waals surface area contributed by atoms with E-state index in [-0.39, 0.29) is 62.9 Å². The summed E-state index contributed by atoms with van der Waals surface area (Å²) in [5, 5.41) is 43.6. The van der Waals surface area contributed by atoms with Crippen LogP contribution in [0.2, 0.25) is 0 Å². The first-order chi connectivity index (χ1) is 27.7. The number of carbonyl (C=O) groups excluding carboxylic acids is 5. The van der Waals surface area contributed by atoms with Gasteiger partial charge in [-0.15, -0.1) is 0 Å². The number of rotatable bonds is 24. The normalized spacial score (nSPS) is 13.4. The summed E-state index contributed by atoms with van der Waals surface area (Å²) in [5.41, 5.74) is 18.4. The quantitative estimate of drug-likeness (QED) is 0.0200. The Balaban J connectivity index is 1.93. The zero-order chi connectivity index (χ0) is 42.6. The number of carbonyl (C=O) groups is 6. The van der Waals surface area contributed by atoms with Crippen molar-refractivity contribution < 1.29 is 33.9 Å². The number of nitrogens with one attached hydrogen (secondary N) is 10. The number of hydrogen-bond donors (Lipinski definition) is 15. The molecule has 2 aromatic carbocycles. The second-order valence-corrected chi connectivity index (χ2v) is 13.7. The van der Waals surface area contributed by atoms with Gasteiger partial charge in [-0.25, -0.2) is 4.79 Å². The molecule has 0 saturated heterocycles. The molecule has 0 bridgehead atoms. The Bertz CT molecular complexity index is 1890. The van der Waals surface area contributed by atoms with Gasteiger partial charge >= 0.3 is 5.97 Å². The van der Waals surface area contributed by atoms with E-state index >= 15 is 0 Å². The number of carboxylic acids is 1. The molecule has 314 valence electrons. The molecule has 1 heterocycles. The standard InChI is InChI=1S/C37H53N13O7S/c38-18-30(51)46-25(12-6-14-43-36(39)40)31(52)48-27(16-21-8-2-1-3-9-21)33(54)47-26(13-7-15-44-37(41)42)32(53)49-28(34(55)50-29(20-58)35(56)57)17-22-19-45-24-11-5-4-10-23(22)24/h1-5,8-11,19,25-29,45,58H,6-7,12-18,20,38H2,(H,46,51)(H,47,54)(H,48,52)(H,49,53)(H,50,55)(H,56,57)(H4,39,40,43)(H4,41,42,44)/t25-,26-,27+,28-,29-/m0/s1. The van der Waals surface area contributed by atoms with Crippen molar-refractivity contribution in [2.45, 2.75) is 68.7 Å². The topological polar surface area (TPSA) is 348 Å². The lowest BCUT2D eigenvalue weighted by Crippen LogP contribution is -2.59. The number of nitrogens with two attached hydrogens (primary N) is 3. The first kappa shape index (κ1) is 46.0. The van der Waals surface area contributed by atoms with E-state index in [1.807, 2.05) is 18.2 Å². The third-order valence-corrected chi connectivity index (χ3v) is 9.25. The number of amides is 5. The minimum Gasteiger partial charge on any atom is -0.480 e. The lowest BCUT2D eigenvalue weighted by Gasteiger charge is -2.27. The van der Waals surface area contributed by atoms with Gasteiger partial charge in [-0.1, -0.05) is 48.5 Å². The fourth-order valence-electron chi connectivity index (χ4n) is 5.91. The molecule has 21 heteroatoms. The fourth-order valence-corrected chi connectivity index (χ4v) is 6.16. The molecule has 0 aliphatic rings. The molecule has 20 nitrogen and oxygen atoms in total. The average Bonchev–Trinajstić information content (AvgIpc) is 3.60. The maximum Gasteiger partial charge on any atom is 0.327 e. The first-order valence-electron chi connectivity index (χ1n) is 18.5. The highest BCUT2D eigenvalue weighted by molar-refractivity contribution is 7.80. The summed E-state index contributed by atoms with van der Waals surface area (Å²) < 4.78 is 0. The van der Waals surface area contributed by atoms with Gasteiger partial charge in [0.15, 0.2) is 11.9 Å². The van der Waals surface area contributed by atoms with E-state index in [2.05, 4.69) is 54.8 Å². The molecule has 0 spiro atoms. The third-order valence-electron chi connectivity index (χ3n) is 8.88. The van der Waals surface area contributed by atoms with E-state index in [0.717, 1.165) is 10.9 Å². The van der Waals surface area contributed by atoms with Crippen molar-refractivity contribution >= 4 is 71.0 Å². The molecule has 5 amide bonds. The summed E-state index contributed by atoms with van der Waals surface area (Å²) in [4.78, 5) is 82.9. The number of H-pyrrole nitrogens is 1. The Morgan fingerprint density at radius 2 is 1.16 bits per heavy atom. The van der Waals surface area contributed by atoms with Gasteiger partial charge in [0, 0.05) is 48.8 Å². The SMILES string of the molecule is N=C(N)NCCC[C@H](NC(=O)CN)C(=O)N[C@H](Cc1ccccc1)C(=O)N[C@@H](CCCNC(=N)N)C(=O)N[C@@H](Cc1c[nH]c2ccccc12)C(=O)N[C@@H](CS)C(=O)O. The summed E-state index contributed by atoms with van der Waals surface area (Å²) in [6, 6.07) is 9.67. The lowest BCUT2D eigenvalue weighted by atomic mass is 10.0. The van der Waals surface area contributed by atoms with Crippen LogP contribution >= 0.6 is 12.6 Å². The highest BCUT2D eigenvalue weighted by Crippen LogP contribution is 2.19. The van der Waals surface area contributed by atoms with Crippen molar-refractivity contribution in [1.29, 1.82) is 10.8 Å². The molecule has 3 aromatic rings. The van der Waals surface area contributed by atoms with Crippen molar-refractivity contribution in [2.75, 3.05) is 25.4 Å². The maximum atomic E-state index is 14.2. The van der Waals surface area contributed by atoms with Crippen LogP contribution in [-0.2, 0) is 41.6 Å². The molecule has 0 fully saturated rings. The van der Waals surface area contributed by atoms with Gasteiger partial charge in [0.05, 0.1) is 6.54 Å². The number of guanidine groups is 2. The number of hydrogen-bond acceptors (Lipinski definition) is 10. The number of benzene rings is 2. The number of carboxylic acid groups (broad SMARTS) is 1. The molecule has 0 aliphatic heterocycles. The molecule has 0 aliphatic carbocycles. The Morgan fingerprint density at radius 1 is 0.672 bits per heavy atom. The van der Waals surface area contributed by atoms with Crippen LogP contribution in [0.3, 0.4) is 0 Å². The fraction of sp³-hybridized carbons (Fsp3) is 0.405. The predicted octanol–water partition coefficient (Wildman–Crippen LogP) is -2.12. The van der Waals surface area contributed by atoms with Crippen molar-refractivity contribution in [3.8, 4) is 0 Å². The number of aliphatic carboxylic acids is 1. The Hall–Kier alpha value is -6.35. The van der Waals surface area contributed by atoms with Crippen LogP contribution in [0.1, 0.15) is 36.8 Å². The van der Waals surface area contributed by atoms with Gasteiger partial charge in [-0.2, -0.15) is 12.6 Å². The average molecular weight is 824 g/mol. The molecular formula is C37H53N13O7S. The molecular weight excluding hydrogens is 771 g/mol. The van der Waals surface area contributed by atoms with Gasteiger partial charge in [-0.05, 0) is 42.9 Å². The smallest absolute Gasteiger partial charge is 0.327 e. The monoisotopic (exact) mass is 823 g/mol. The van der Waals surface area contributed by atoms with E-state index in [9.17, 15) is 33.9 Å². The Labute approximate surface area is 340 Å². The maximum absolute atomic E-state index is 14.2. The Kier molecular flexibility index (Phi) is 18.8. The Morgan fingerprint density at radius 3 is 1.69 bits per heavy atom. The molecule has 0 saturated carbocycles. The number of thiol groups is 1. The zero-order valence-corrected chi connectivity index (χ0v) is 32.7. The number of fused-ring (bicyclic) bond motifs is 1. The molecule has 3 rings (SSSR count). The predicted molar refractivity (Wildman–Crippen MR) is 221 cm³/mol. The van der Waals surface area contributed by atoms with Crippen LogP contribution in [0.25, 0.3) is 10.9 Å². The highest BCUT2D eigenvalue weighted by Gasteiger charge is 2.33. The van der Waals surface area contributed by atoms with Gasteiger partial charge < -0.3 is 64.5 Å². The highest BCUT2D eigenvalue weighted by atomic mass is 32.1. The van der Waals surface area contributed by atoms with Crippen LogP contribution in [0.5, 0.6) is 0 Å². The van der Waals surface area contributed by atoms with Crippen molar-refractivity contribution in [3.05, 3.63) is 71.9 Å². The van der Waals surface area contributed by atoms with Crippen LogP contribution in [0.15, 0.2) is 60.8 Å². The van der Waals surface area contributed by atoms with E-state index in [1.165, 1.54) is 0 Å². The van der Waals surface area contributed by atoms with E-state index in [4.69, 9.17) is 28.0 Å². The minimum absolute atomic E-state index is 0.0159. The molecule has 1 aromatic heterocycles. The van der Waals surface area contributed by atoms with Gasteiger partial charge in [-0.3, -0.25) is 34.8 Å². The summed E-state index contributed by atoms with van der Waals surface area (Å²) >= 11 is 4.04. The van der Waals surface area contributed by atoms with Gasteiger partial charge in [0.2, 0.25) is 29.5 Å². The zero-order valence-electron chi connectivity index (χ0n) is 31.8. The number of para-hydroxylation sites is 1. The first-order valence-corrected chi connectivity index (χ1v) is 19.1. The largest absolute Gasteiger partial charge is 0.480 e. The molecule has 0 unspecified atom stereocenters. The summed E-state index contributed by atoms with van der Waals surface area (Å²) in [7, 11) is 0. The third kappa shape index (κ3) is 15.3. The summed E-state index contributed by atoms with van der Waals surface area (Å²) in [5.74, 6) is -5.81. The van der Waals surface area contributed by atoms with Crippen LogP contribution in [0.4, 0.5) is 0 Å². The second-order valence-electron chi connectivity index (χ2n) is 13.3.